The second kappa shape index (κ2) is 14.9. The lowest BCUT2D eigenvalue weighted by atomic mass is 9.94. The first-order valence-electron chi connectivity index (χ1n) is 13.7. The molecule has 10 heteroatoms. The number of nitrogens with zero attached hydrogens (tertiary/aromatic N) is 2. The van der Waals surface area contributed by atoms with Crippen LogP contribution in [0, 0.1) is 13.8 Å². The standard InChI is InChI=1S/C32H34F2N6O2/c1-21-25(5-3-7-27(21)39-31(41)29-11-9-23(19-37-29)17-35-15-13-33)26-6-4-8-28(22(26)2)40-32(42)30-12-10-24(20-38-30)18-36-16-14-34/h3-12,19-20,35-36H,13-18H2,1-2H3,(H,39,41)(H,40,42). The Balaban J connectivity index is 1.47. The van der Waals surface area contributed by atoms with Crippen molar-refractivity contribution >= 4 is 23.2 Å². The van der Waals surface area contributed by atoms with Gasteiger partial charge in [0.15, 0.2) is 0 Å². The van der Waals surface area contributed by atoms with Crippen LogP contribution in [0.3, 0.4) is 0 Å². The SMILES string of the molecule is Cc1c(NC(=O)c2ccc(CNCCF)cn2)cccc1-c1cccc(NC(=O)c2ccc(CNCCF)cn2)c1C. The number of pyridine rings is 2. The molecule has 4 N–H and O–H groups in total. The van der Waals surface area contributed by atoms with E-state index in [9.17, 15) is 18.4 Å². The van der Waals surface area contributed by atoms with Gasteiger partial charge in [-0.1, -0.05) is 36.4 Å². The average molecular weight is 573 g/mol. The lowest BCUT2D eigenvalue weighted by Crippen LogP contribution is -2.17. The van der Waals surface area contributed by atoms with Gasteiger partial charge >= 0.3 is 0 Å². The summed E-state index contributed by atoms with van der Waals surface area (Å²) in [6, 6.07) is 18.2. The lowest BCUT2D eigenvalue weighted by Gasteiger charge is -2.17. The zero-order valence-electron chi connectivity index (χ0n) is 23.6. The molecule has 2 aromatic heterocycles. The molecule has 0 bridgehead atoms. The molecule has 0 aliphatic heterocycles. The number of nitrogens with one attached hydrogen (secondary N) is 4. The summed E-state index contributed by atoms with van der Waals surface area (Å²) in [6.07, 6.45) is 3.20. The molecule has 0 atom stereocenters. The highest BCUT2D eigenvalue weighted by atomic mass is 19.1. The molecule has 0 saturated heterocycles. The van der Waals surface area contributed by atoms with E-state index in [2.05, 4.69) is 31.2 Å². The summed E-state index contributed by atoms with van der Waals surface area (Å²) in [5.74, 6) is -0.680. The Morgan fingerprint density at radius 1 is 0.643 bits per heavy atom. The number of alkyl halides is 2. The number of carbonyl (C=O) groups excluding carboxylic acids is 2. The molecule has 0 unspecified atom stereocenters. The predicted molar refractivity (Wildman–Crippen MR) is 161 cm³/mol. The second-order valence-corrected chi connectivity index (χ2v) is 9.70. The summed E-state index contributed by atoms with van der Waals surface area (Å²) in [5, 5.41) is 11.8. The minimum Gasteiger partial charge on any atom is -0.320 e. The smallest absolute Gasteiger partial charge is 0.274 e. The average Bonchev–Trinajstić information content (AvgIpc) is 3.00. The Morgan fingerprint density at radius 3 is 1.43 bits per heavy atom. The third-order valence-electron chi connectivity index (χ3n) is 6.77. The Labute approximate surface area is 244 Å². The third kappa shape index (κ3) is 7.80. The van der Waals surface area contributed by atoms with Gasteiger partial charge in [-0.25, -0.2) is 8.78 Å². The molecule has 0 saturated carbocycles. The molecule has 4 rings (SSSR count). The van der Waals surface area contributed by atoms with E-state index in [-0.39, 0.29) is 36.3 Å². The number of halogens is 2. The van der Waals surface area contributed by atoms with Gasteiger partial charge in [0.2, 0.25) is 0 Å². The fourth-order valence-electron chi connectivity index (χ4n) is 4.42. The Morgan fingerprint density at radius 2 is 1.07 bits per heavy atom. The Bertz CT molecular complexity index is 1400. The van der Waals surface area contributed by atoms with Crippen molar-refractivity contribution in [3.8, 4) is 11.1 Å². The van der Waals surface area contributed by atoms with Crippen LogP contribution in [0.4, 0.5) is 20.2 Å². The van der Waals surface area contributed by atoms with Crippen molar-refractivity contribution in [2.75, 3.05) is 37.1 Å². The number of aromatic nitrogens is 2. The summed E-state index contributed by atoms with van der Waals surface area (Å²) in [5.41, 5.74) is 7.09. The van der Waals surface area contributed by atoms with Crippen LogP contribution in [0.2, 0.25) is 0 Å². The lowest BCUT2D eigenvalue weighted by molar-refractivity contribution is 0.101. The molecule has 0 fully saturated rings. The minimum absolute atomic E-state index is 0.264. The van der Waals surface area contributed by atoms with Gasteiger partial charge in [0.05, 0.1) is 0 Å². The molecule has 4 aromatic rings. The molecule has 8 nitrogen and oxygen atoms in total. The van der Waals surface area contributed by atoms with E-state index in [1.54, 1.807) is 36.7 Å². The second-order valence-electron chi connectivity index (χ2n) is 9.70. The summed E-state index contributed by atoms with van der Waals surface area (Å²) in [7, 11) is 0. The van der Waals surface area contributed by atoms with Gasteiger partial charge in [0, 0.05) is 49.9 Å². The van der Waals surface area contributed by atoms with E-state index < -0.39 is 13.3 Å². The third-order valence-corrected chi connectivity index (χ3v) is 6.77. The number of benzene rings is 2. The molecule has 42 heavy (non-hydrogen) atoms. The molecule has 0 aliphatic carbocycles. The van der Waals surface area contributed by atoms with Gasteiger partial charge in [-0.2, -0.15) is 0 Å². The number of rotatable bonds is 13. The molecule has 218 valence electrons. The predicted octanol–water partition coefficient (Wildman–Crippen LogP) is 5.38. The van der Waals surface area contributed by atoms with E-state index >= 15 is 0 Å². The Kier molecular flexibility index (Phi) is 10.8. The van der Waals surface area contributed by atoms with Crippen LogP contribution < -0.4 is 21.3 Å². The zero-order chi connectivity index (χ0) is 29.9. The van der Waals surface area contributed by atoms with Crippen LogP contribution in [-0.2, 0) is 13.1 Å². The van der Waals surface area contributed by atoms with E-state index in [0.29, 0.717) is 24.5 Å². The molecule has 0 radical (unpaired) electrons. The fourth-order valence-corrected chi connectivity index (χ4v) is 4.42. The molecular formula is C32H34F2N6O2. The molecule has 0 aliphatic rings. The summed E-state index contributed by atoms with van der Waals surface area (Å²) < 4.78 is 24.6. The van der Waals surface area contributed by atoms with Crippen LogP contribution in [-0.4, -0.2) is 48.2 Å². The fraction of sp³-hybridized carbons (Fsp3) is 0.250. The number of hydrogen-bond donors (Lipinski definition) is 4. The zero-order valence-corrected chi connectivity index (χ0v) is 23.6. The molecule has 2 aromatic carbocycles. The monoisotopic (exact) mass is 572 g/mol. The van der Waals surface area contributed by atoms with Crippen LogP contribution in [0.15, 0.2) is 73.1 Å². The van der Waals surface area contributed by atoms with Crippen molar-refractivity contribution in [2.24, 2.45) is 0 Å². The number of hydrogen-bond acceptors (Lipinski definition) is 6. The van der Waals surface area contributed by atoms with E-state index in [4.69, 9.17) is 0 Å². The van der Waals surface area contributed by atoms with Crippen molar-refractivity contribution in [3.05, 3.63) is 107 Å². The van der Waals surface area contributed by atoms with Gasteiger partial charge in [-0.3, -0.25) is 19.6 Å². The highest BCUT2D eigenvalue weighted by molar-refractivity contribution is 6.05. The first-order valence-corrected chi connectivity index (χ1v) is 13.7. The van der Waals surface area contributed by atoms with Gasteiger partial charge in [-0.05, 0) is 71.5 Å². The number of amides is 2. The van der Waals surface area contributed by atoms with Crippen LogP contribution in [0.1, 0.15) is 43.2 Å². The summed E-state index contributed by atoms with van der Waals surface area (Å²) in [4.78, 5) is 34.4. The Hall–Kier alpha value is -4.54. The largest absolute Gasteiger partial charge is 0.320 e. The van der Waals surface area contributed by atoms with E-state index in [1.807, 2.05) is 50.2 Å². The summed E-state index contributed by atoms with van der Waals surface area (Å²) >= 11 is 0. The molecule has 0 spiro atoms. The molecule has 2 amide bonds. The molecule has 2 heterocycles. The first kappa shape index (κ1) is 30.4. The van der Waals surface area contributed by atoms with Gasteiger partial charge < -0.3 is 21.3 Å². The maximum atomic E-state index is 12.9. The first-order chi connectivity index (χ1) is 20.4. The highest BCUT2D eigenvalue weighted by Crippen LogP contribution is 2.34. The normalized spacial score (nSPS) is 10.9. The number of anilines is 2. The van der Waals surface area contributed by atoms with Crippen molar-refractivity contribution < 1.29 is 18.4 Å². The molecular weight excluding hydrogens is 538 g/mol. The minimum atomic E-state index is -0.445. The van der Waals surface area contributed by atoms with Crippen molar-refractivity contribution in [1.29, 1.82) is 0 Å². The van der Waals surface area contributed by atoms with Gasteiger partial charge in [-0.15, -0.1) is 0 Å². The van der Waals surface area contributed by atoms with Crippen molar-refractivity contribution in [3.63, 3.8) is 0 Å². The topological polar surface area (TPSA) is 108 Å². The maximum Gasteiger partial charge on any atom is 0.274 e. The van der Waals surface area contributed by atoms with Crippen LogP contribution >= 0.6 is 0 Å². The van der Waals surface area contributed by atoms with Crippen LogP contribution in [0.25, 0.3) is 11.1 Å². The van der Waals surface area contributed by atoms with E-state index in [1.165, 1.54) is 0 Å². The van der Waals surface area contributed by atoms with Crippen molar-refractivity contribution in [1.82, 2.24) is 20.6 Å². The van der Waals surface area contributed by atoms with Crippen LogP contribution in [0.5, 0.6) is 0 Å². The van der Waals surface area contributed by atoms with Crippen molar-refractivity contribution in [2.45, 2.75) is 26.9 Å². The highest BCUT2D eigenvalue weighted by Gasteiger charge is 2.16. The maximum absolute atomic E-state index is 12.9. The van der Waals surface area contributed by atoms with Gasteiger partial charge in [0.1, 0.15) is 24.7 Å². The quantitative estimate of drug-likeness (QED) is 0.160. The van der Waals surface area contributed by atoms with Gasteiger partial charge in [0.25, 0.3) is 11.8 Å². The number of carbonyl (C=O) groups is 2. The summed E-state index contributed by atoms with van der Waals surface area (Å²) in [6.45, 7) is 4.44. The van der Waals surface area contributed by atoms with E-state index in [0.717, 1.165) is 33.4 Å².